The zero-order chi connectivity index (χ0) is 28.6. The SMILES string of the molecule is Cc1cc2cc3c4c5c(cc6cc7c(c1C(C)(C)c1ccc8ccccc8c1-7)c2c64)CC5(C)c1ccc2ccccc2c1-3. The molecule has 0 bridgehead atoms. The van der Waals surface area contributed by atoms with Crippen molar-refractivity contribution in [3.05, 3.63) is 130 Å². The fourth-order valence-electron chi connectivity index (χ4n) is 10.2. The Kier molecular flexibility index (Phi) is 3.68. The van der Waals surface area contributed by atoms with Gasteiger partial charge in [0.2, 0.25) is 0 Å². The molecular formula is C43H30. The van der Waals surface area contributed by atoms with Crippen molar-refractivity contribution in [1.82, 2.24) is 0 Å². The van der Waals surface area contributed by atoms with Gasteiger partial charge < -0.3 is 0 Å². The molecule has 0 heterocycles. The molecule has 11 rings (SSSR count). The van der Waals surface area contributed by atoms with Crippen LogP contribution in [0.25, 0.3) is 76.1 Å². The lowest BCUT2D eigenvalue weighted by molar-refractivity contribution is 0.502. The lowest BCUT2D eigenvalue weighted by Gasteiger charge is -2.48. The van der Waals surface area contributed by atoms with E-state index in [1.807, 2.05) is 0 Å². The molecular weight excluding hydrogens is 516 g/mol. The van der Waals surface area contributed by atoms with Crippen LogP contribution in [-0.4, -0.2) is 0 Å². The van der Waals surface area contributed by atoms with Gasteiger partial charge in [0.15, 0.2) is 0 Å². The first-order chi connectivity index (χ1) is 20.9. The maximum absolute atomic E-state index is 2.57. The molecule has 0 amide bonds. The molecule has 3 aliphatic rings. The molecule has 0 saturated carbocycles. The van der Waals surface area contributed by atoms with Gasteiger partial charge in [0.05, 0.1) is 0 Å². The summed E-state index contributed by atoms with van der Waals surface area (Å²) in [4.78, 5) is 0. The highest BCUT2D eigenvalue weighted by atomic mass is 14.5. The van der Waals surface area contributed by atoms with Crippen LogP contribution in [0.5, 0.6) is 0 Å². The van der Waals surface area contributed by atoms with Crippen LogP contribution in [-0.2, 0) is 17.3 Å². The third-order valence-corrected chi connectivity index (χ3v) is 11.8. The monoisotopic (exact) mass is 546 g/mol. The summed E-state index contributed by atoms with van der Waals surface area (Å²) < 4.78 is 0. The van der Waals surface area contributed by atoms with Gasteiger partial charge in [0, 0.05) is 10.8 Å². The van der Waals surface area contributed by atoms with Crippen LogP contribution in [0.15, 0.2) is 97.1 Å². The highest BCUT2D eigenvalue weighted by molar-refractivity contribution is 6.33. The number of rotatable bonds is 0. The summed E-state index contributed by atoms with van der Waals surface area (Å²) in [7, 11) is 0. The number of hydrogen-bond acceptors (Lipinski definition) is 0. The fourth-order valence-corrected chi connectivity index (χ4v) is 10.2. The molecule has 0 heteroatoms. The Morgan fingerprint density at radius 2 is 1.07 bits per heavy atom. The second kappa shape index (κ2) is 6.92. The van der Waals surface area contributed by atoms with Gasteiger partial charge in [-0.1, -0.05) is 106 Å². The molecule has 0 spiro atoms. The highest BCUT2D eigenvalue weighted by Gasteiger charge is 2.47. The summed E-state index contributed by atoms with van der Waals surface area (Å²) in [5.74, 6) is 0. The zero-order valence-electron chi connectivity index (χ0n) is 24.9. The summed E-state index contributed by atoms with van der Waals surface area (Å²) in [6, 6.07) is 37.7. The van der Waals surface area contributed by atoms with Crippen LogP contribution in [0.3, 0.4) is 0 Å². The minimum absolute atomic E-state index is 0.0602. The van der Waals surface area contributed by atoms with Crippen LogP contribution < -0.4 is 0 Å². The number of benzene rings is 8. The van der Waals surface area contributed by atoms with E-state index in [0.29, 0.717) is 0 Å². The van der Waals surface area contributed by atoms with Gasteiger partial charge in [0.25, 0.3) is 0 Å². The molecule has 0 aromatic heterocycles. The van der Waals surface area contributed by atoms with E-state index in [1.54, 1.807) is 5.56 Å². The Hall–Kier alpha value is -4.68. The first-order valence-corrected chi connectivity index (χ1v) is 15.7. The quantitative estimate of drug-likeness (QED) is 0.166. The molecule has 0 radical (unpaired) electrons. The van der Waals surface area contributed by atoms with Crippen molar-refractivity contribution in [2.75, 3.05) is 0 Å². The van der Waals surface area contributed by atoms with Crippen molar-refractivity contribution < 1.29 is 0 Å². The first-order valence-electron chi connectivity index (χ1n) is 15.7. The topological polar surface area (TPSA) is 0 Å². The fraction of sp³-hybridized carbons (Fsp3) is 0.163. The van der Waals surface area contributed by atoms with E-state index in [1.165, 1.54) is 104 Å². The van der Waals surface area contributed by atoms with Gasteiger partial charge in [-0.15, -0.1) is 0 Å². The Morgan fingerprint density at radius 3 is 1.74 bits per heavy atom. The molecule has 0 fully saturated rings. The van der Waals surface area contributed by atoms with Crippen LogP contribution in [0, 0.1) is 6.92 Å². The predicted molar refractivity (Wildman–Crippen MR) is 183 cm³/mol. The molecule has 8 aromatic carbocycles. The molecule has 0 N–H and O–H groups in total. The lowest BCUT2D eigenvalue weighted by Crippen LogP contribution is -2.39. The van der Waals surface area contributed by atoms with Gasteiger partial charge >= 0.3 is 0 Å². The van der Waals surface area contributed by atoms with Crippen LogP contribution in [0.2, 0.25) is 0 Å². The van der Waals surface area contributed by atoms with E-state index in [4.69, 9.17) is 0 Å². The summed E-state index contributed by atoms with van der Waals surface area (Å²) in [5.41, 5.74) is 14.7. The van der Waals surface area contributed by atoms with E-state index < -0.39 is 0 Å². The van der Waals surface area contributed by atoms with Crippen molar-refractivity contribution in [2.24, 2.45) is 0 Å². The van der Waals surface area contributed by atoms with E-state index in [-0.39, 0.29) is 10.8 Å². The molecule has 1 unspecified atom stereocenters. The van der Waals surface area contributed by atoms with Crippen LogP contribution in [0.1, 0.15) is 54.2 Å². The second-order valence-electron chi connectivity index (χ2n) is 14.3. The molecule has 3 aliphatic carbocycles. The molecule has 0 nitrogen and oxygen atoms in total. The molecule has 43 heavy (non-hydrogen) atoms. The number of fused-ring (bicyclic) bond motifs is 9. The van der Waals surface area contributed by atoms with Crippen molar-refractivity contribution >= 4 is 53.9 Å². The summed E-state index contributed by atoms with van der Waals surface area (Å²) in [6.45, 7) is 9.74. The molecule has 1 atom stereocenters. The third kappa shape index (κ3) is 2.36. The van der Waals surface area contributed by atoms with Crippen molar-refractivity contribution in [3.63, 3.8) is 0 Å². The van der Waals surface area contributed by atoms with Crippen molar-refractivity contribution in [3.8, 4) is 22.3 Å². The second-order valence-corrected chi connectivity index (χ2v) is 14.3. The minimum Gasteiger partial charge on any atom is -0.0616 e. The largest absolute Gasteiger partial charge is 0.0616 e. The van der Waals surface area contributed by atoms with E-state index in [9.17, 15) is 0 Å². The Bertz CT molecular complexity index is 2630. The van der Waals surface area contributed by atoms with Gasteiger partial charge in [-0.25, -0.2) is 0 Å². The molecule has 8 aromatic rings. The maximum Gasteiger partial charge on any atom is 0.0230 e. The summed E-state index contributed by atoms with van der Waals surface area (Å²) in [5, 5.41) is 14.1. The predicted octanol–water partition coefficient (Wildman–Crippen LogP) is 11.3. The van der Waals surface area contributed by atoms with Crippen LogP contribution >= 0.6 is 0 Å². The molecule has 202 valence electrons. The Labute approximate surface area is 250 Å². The smallest absolute Gasteiger partial charge is 0.0230 e. The van der Waals surface area contributed by atoms with Gasteiger partial charge in [0.1, 0.15) is 0 Å². The summed E-state index contributed by atoms with van der Waals surface area (Å²) >= 11 is 0. The van der Waals surface area contributed by atoms with Crippen molar-refractivity contribution in [1.29, 1.82) is 0 Å². The minimum atomic E-state index is -0.0962. The zero-order valence-corrected chi connectivity index (χ0v) is 24.9. The third-order valence-electron chi connectivity index (χ3n) is 11.8. The van der Waals surface area contributed by atoms with E-state index >= 15 is 0 Å². The summed E-state index contributed by atoms with van der Waals surface area (Å²) in [6.07, 6.45) is 1.11. The van der Waals surface area contributed by atoms with Gasteiger partial charge in [-0.3, -0.25) is 0 Å². The van der Waals surface area contributed by atoms with E-state index in [0.717, 1.165) is 6.42 Å². The first kappa shape index (κ1) is 22.9. The van der Waals surface area contributed by atoms with Gasteiger partial charge in [-0.2, -0.15) is 0 Å². The number of hydrogen-bond donors (Lipinski definition) is 0. The van der Waals surface area contributed by atoms with Crippen molar-refractivity contribution in [2.45, 2.75) is 44.9 Å². The Balaban J connectivity index is 1.42. The van der Waals surface area contributed by atoms with Gasteiger partial charge in [-0.05, 0) is 135 Å². The normalized spacial score (nSPS) is 18.9. The average molecular weight is 547 g/mol. The molecule has 0 aliphatic heterocycles. The highest BCUT2D eigenvalue weighted by Crippen LogP contribution is 2.62. The van der Waals surface area contributed by atoms with Crippen LogP contribution in [0.4, 0.5) is 0 Å². The maximum atomic E-state index is 2.57. The average Bonchev–Trinajstić information content (AvgIpc) is 3.00. The standard InChI is InChI=1S/C43H30/c1-22-17-25-19-31-37-29-12-8-6-10-24(29)14-16-33(37)43(4)21-27-18-26-20-30-36-28-11-7-5-9-23(28)13-15-32(36)42(2,3)40(22)38(30)34(25)35(26)39(31)41(27)43/h5-20H,21H2,1-4H3. The number of aryl methyl sites for hydroxylation is 1. The van der Waals surface area contributed by atoms with E-state index in [2.05, 4.69) is 125 Å². The lowest BCUT2D eigenvalue weighted by atomic mass is 9.54. The Morgan fingerprint density at radius 1 is 0.512 bits per heavy atom. The molecule has 0 saturated heterocycles.